The fourth-order valence-corrected chi connectivity index (χ4v) is 2.52. The highest BCUT2D eigenvalue weighted by atomic mass is 35.5. The van der Waals surface area contributed by atoms with Gasteiger partial charge < -0.3 is 15.7 Å². The molecule has 0 heterocycles. The number of hydrogen-bond acceptors (Lipinski definition) is 3. The summed E-state index contributed by atoms with van der Waals surface area (Å²) in [6.07, 6.45) is 1.68. The number of aromatic carboxylic acids is 1. The maximum atomic E-state index is 11.8. The number of carboxylic acid groups (broad SMARTS) is 1. The fraction of sp³-hybridized carbons (Fsp3) is 0.250. The number of nitrogens with one attached hydrogen (secondary N) is 2. The number of halogens is 1. The van der Waals surface area contributed by atoms with E-state index in [2.05, 4.69) is 10.6 Å². The summed E-state index contributed by atoms with van der Waals surface area (Å²) >= 11 is 5.79. The zero-order valence-corrected chi connectivity index (χ0v) is 15.5. The normalized spacial score (nSPS) is 10.3. The minimum absolute atomic E-state index is 0.101. The first kappa shape index (κ1) is 20.5. The fourth-order valence-electron chi connectivity index (χ4n) is 2.39. The Kier molecular flexibility index (Phi) is 7.82. The van der Waals surface area contributed by atoms with Crippen molar-refractivity contribution >= 4 is 35.1 Å². The van der Waals surface area contributed by atoms with E-state index in [-0.39, 0.29) is 17.4 Å². The van der Waals surface area contributed by atoms with Crippen molar-refractivity contribution in [1.82, 2.24) is 5.32 Å². The molecular formula is C20H21ClN2O4. The summed E-state index contributed by atoms with van der Waals surface area (Å²) in [5.41, 5.74) is 1.81. The first-order chi connectivity index (χ1) is 12.9. The molecule has 0 spiro atoms. The van der Waals surface area contributed by atoms with E-state index in [1.165, 1.54) is 12.1 Å². The zero-order chi connectivity index (χ0) is 19.6. The highest BCUT2D eigenvalue weighted by Crippen LogP contribution is 2.13. The van der Waals surface area contributed by atoms with Crippen LogP contribution >= 0.6 is 11.6 Å². The Morgan fingerprint density at radius 1 is 0.889 bits per heavy atom. The summed E-state index contributed by atoms with van der Waals surface area (Å²) < 4.78 is 0. The molecule has 2 aromatic carbocycles. The largest absolute Gasteiger partial charge is 0.478 e. The summed E-state index contributed by atoms with van der Waals surface area (Å²) in [5.74, 6) is -1.19. The van der Waals surface area contributed by atoms with Gasteiger partial charge in [-0.05, 0) is 54.8 Å². The van der Waals surface area contributed by atoms with E-state index >= 15 is 0 Å². The molecule has 0 aliphatic carbocycles. The standard InChI is InChI=1S/C20H21ClN2O4/c21-16-8-10-17(11-9-16)23-19(25)2-1-13-22-18(24)12-5-14-3-6-15(7-4-14)20(26)27/h3-4,6-11H,1-2,5,12-13H2,(H,22,24)(H,23,25)(H,26,27). The summed E-state index contributed by atoms with van der Waals surface area (Å²) in [6.45, 7) is 0.421. The Labute approximate surface area is 162 Å². The number of hydrogen-bond donors (Lipinski definition) is 3. The number of carbonyl (C=O) groups is 3. The van der Waals surface area contributed by atoms with Gasteiger partial charge in [0.2, 0.25) is 11.8 Å². The van der Waals surface area contributed by atoms with Gasteiger partial charge in [0.05, 0.1) is 5.56 Å². The molecule has 3 N–H and O–H groups in total. The maximum absolute atomic E-state index is 11.8. The third-order valence-corrected chi connectivity index (χ3v) is 4.12. The van der Waals surface area contributed by atoms with E-state index in [4.69, 9.17) is 16.7 Å². The lowest BCUT2D eigenvalue weighted by Gasteiger charge is -2.07. The minimum atomic E-state index is -0.973. The zero-order valence-electron chi connectivity index (χ0n) is 14.7. The van der Waals surface area contributed by atoms with Crippen molar-refractivity contribution in [3.05, 3.63) is 64.7 Å². The molecule has 0 unspecified atom stereocenters. The molecule has 0 atom stereocenters. The van der Waals surface area contributed by atoms with Crippen molar-refractivity contribution in [2.24, 2.45) is 0 Å². The maximum Gasteiger partial charge on any atom is 0.335 e. The molecule has 0 saturated carbocycles. The number of rotatable bonds is 9. The third-order valence-electron chi connectivity index (χ3n) is 3.87. The summed E-state index contributed by atoms with van der Waals surface area (Å²) in [5, 5.41) is 15.0. The van der Waals surface area contributed by atoms with Crippen LogP contribution in [-0.2, 0) is 16.0 Å². The molecule has 0 bridgehead atoms. The first-order valence-corrected chi connectivity index (χ1v) is 8.96. The average Bonchev–Trinajstić information content (AvgIpc) is 2.66. The molecule has 6 nitrogen and oxygen atoms in total. The van der Waals surface area contributed by atoms with Gasteiger partial charge in [-0.15, -0.1) is 0 Å². The van der Waals surface area contributed by atoms with Gasteiger partial charge in [-0.1, -0.05) is 23.7 Å². The van der Waals surface area contributed by atoms with Crippen LogP contribution in [0.25, 0.3) is 0 Å². The van der Waals surface area contributed by atoms with Crippen molar-refractivity contribution in [1.29, 1.82) is 0 Å². The summed E-state index contributed by atoms with van der Waals surface area (Å²) in [6, 6.07) is 13.3. The van der Waals surface area contributed by atoms with Gasteiger partial charge in [0.1, 0.15) is 0 Å². The second kappa shape index (κ2) is 10.3. The topological polar surface area (TPSA) is 95.5 Å². The van der Waals surface area contributed by atoms with Gasteiger partial charge in [0, 0.05) is 30.1 Å². The van der Waals surface area contributed by atoms with E-state index in [0.717, 1.165) is 5.56 Å². The van der Waals surface area contributed by atoms with Crippen molar-refractivity contribution in [3.63, 3.8) is 0 Å². The number of carboxylic acids is 1. The van der Waals surface area contributed by atoms with Gasteiger partial charge in [0.25, 0.3) is 0 Å². The second-order valence-corrected chi connectivity index (χ2v) is 6.45. The van der Waals surface area contributed by atoms with Crippen molar-refractivity contribution in [2.45, 2.75) is 25.7 Å². The van der Waals surface area contributed by atoms with E-state index in [1.807, 2.05) is 0 Å². The molecule has 2 rings (SSSR count). The Morgan fingerprint density at radius 2 is 1.56 bits per heavy atom. The second-order valence-electron chi connectivity index (χ2n) is 6.01. The molecule has 0 fully saturated rings. The van der Waals surface area contributed by atoms with E-state index in [9.17, 15) is 14.4 Å². The molecule has 27 heavy (non-hydrogen) atoms. The first-order valence-electron chi connectivity index (χ1n) is 8.58. The molecule has 7 heteroatoms. The molecule has 2 aromatic rings. The van der Waals surface area contributed by atoms with E-state index < -0.39 is 5.97 Å². The van der Waals surface area contributed by atoms with Gasteiger partial charge in [-0.3, -0.25) is 9.59 Å². The SMILES string of the molecule is O=C(CCc1ccc(C(=O)O)cc1)NCCCC(=O)Nc1ccc(Cl)cc1. The lowest BCUT2D eigenvalue weighted by atomic mass is 10.1. The smallest absolute Gasteiger partial charge is 0.335 e. The molecular weight excluding hydrogens is 368 g/mol. The highest BCUT2D eigenvalue weighted by molar-refractivity contribution is 6.30. The van der Waals surface area contributed by atoms with Gasteiger partial charge >= 0.3 is 5.97 Å². The van der Waals surface area contributed by atoms with Crippen LogP contribution in [0.4, 0.5) is 5.69 Å². The van der Waals surface area contributed by atoms with Crippen molar-refractivity contribution < 1.29 is 19.5 Å². The number of aryl methyl sites for hydroxylation is 1. The molecule has 0 aromatic heterocycles. The Bertz CT molecular complexity index is 789. The Hall–Kier alpha value is -2.86. The number of carbonyl (C=O) groups excluding carboxylic acids is 2. The summed E-state index contributed by atoms with van der Waals surface area (Å²) in [4.78, 5) is 34.5. The molecule has 2 amide bonds. The van der Waals surface area contributed by atoms with Gasteiger partial charge in [-0.2, -0.15) is 0 Å². The van der Waals surface area contributed by atoms with Crippen molar-refractivity contribution in [2.75, 3.05) is 11.9 Å². The van der Waals surface area contributed by atoms with Gasteiger partial charge in [-0.25, -0.2) is 4.79 Å². The molecule has 0 radical (unpaired) electrons. The van der Waals surface area contributed by atoms with Crippen LogP contribution in [0.1, 0.15) is 35.2 Å². The van der Waals surface area contributed by atoms with Crippen LogP contribution in [0.5, 0.6) is 0 Å². The van der Waals surface area contributed by atoms with Crippen LogP contribution < -0.4 is 10.6 Å². The summed E-state index contributed by atoms with van der Waals surface area (Å²) in [7, 11) is 0. The third kappa shape index (κ3) is 7.50. The predicted molar refractivity (Wildman–Crippen MR) is 104 cm³/mol. The van der Waals surface area contributed by atoms with Crippen LogP contribution in [0, 0.1) is 0 Å². The van der Waals surface area contributed by atoms with Gasteiger partial charge in [0.15, 0.2) is 0 Å². The van der Waals surface area contributed by atoms with Crippen molar-refractivity contribution in [3.8, 4) is 0 Å². The molecule has 0 saturated heterocycles. The lowest BCUT2D eigenvalue weighted by molar-refractivity contribution is -0.121. The predicted octanol–water partition coefficient (Wildman–Crippen LogP) is 3.51. The Morgan fingerprint density at radius 3 is 2.19 bits per heavy atom. The van der Waals surface area contributed by atoms with Crippen LogP contribution in [0.2, 0.25) is 5.02 Å². The lowest BCUT2D eigenvalue weighted by Crippen LogP contribution is -2.25. The Balaban J connectivity index is 1.60. The van der Waals surface area contributed by atoms with Crippen LogP contribution in [-0.4, -0.2) is 29.4 Å². The minimum Gasteiger partial charge on any atom is -0.478 e. The molecule has 0 aliphatic rings. The highest BCUT2D eigenvalue weighted by Gasteiger charge is 2.06. The van der Waals surface area contributed by atoms with Crippen LogP contribution in [0.15, 0.2) is 48.5 Å². The van der Waals surface area contributed by atoms with E-state index in [0.29, 0.717) is 42.9 Å². The molecule has 142 valence electrons. The van der Waals surface area contributed by atoms with E-state index in [1.54, 1.807) is 36.4 Å². The molecule has 0 aliphatic heterocycles. The van der Waals surface area contributed by atoms with Crippen LogP contribution in [0.3, 0.4) is 0 Å². The number of anilines is 1. The number of benzene rings is 2. The average molecular weight is 389 g/mol. The monoisotopic (exact) mass is 388 g/mol. The number of amides is 2. The quantitative estimate of drug-likeness (QED) is 0.573.